The third-order valence-electron chi connectivity index (χ3n) is 5.27. The molecular formula is C25H19N5O2S. The molecule has 0 amide bonds. The lowest BCUT2D eigenvalue weighted by molar-refractivity contribution is 0.602. The van der Waals surface area contributed by atoms with E-state index in [0.717, 1.165) is 32.9 Å². The summed E-state index contributed by atoms with van der Waals surface area (Å²) in [5.74, 6) is 6.99. The Morgan fingerprint density at radius 1 is 0.909 bits per heavy atom. The van der Waals surface area contributed by atoms with Gasteiger partial charge in [-0.05, 0) is 60.5 Å². The topological polar surface area (TPSA) is 89.8 Å². The molecule has 3 aromatic heterocycles. The Labute approximate surface area is 191 Å². The van der Waals surface area contributed by atoms with Gasteiger partial charge in [0.15, 0.2) is 9.84 Å². The lowest BCUT2D eigenvalue weighted by Crippen LogP contribution is -1.98. The van der Waals surface area contributed by atoms with Crippen LogP contribution in [0.5, 0.6) is 0 Å². The molecule has 2 aromatic carbocycles. The van der Waals surface area contributed by atoms with Crippen molar-refractivity contribution in [1.82, 2.24) is 19.7 Å². The van der Waals surface area contributed by atoms with Gasteiger partial charge in [0.1, 0.15) is 11.5 Å². The van der Waals surface area contributed by atoms with Gasteiger partial charge >= 0.3 is 0 Å². The average molecular weight is 454 g/mol. The highest BCUT2D eigenvalue weighted by atomic mass is 32.2. The minimum Gasteiger partial charge on any atom is -0.340 e. The molecule has 162 valence electrons. The fourth-order valence-corrected chi connectivity index (χ4v) is 4.17. The van der Waals surface area contributed by atoms with Gasteiger partial charge in [-0.1, -0.05) is 5.92 Å². The largest absolute Gasteiger partial charge is 0.340 e. The van der Waals surface area contributed by atoms with Crippen molar-refractivity contribution in [3.8, 4) is 11.8 Å². The molecule has 7 nitrogen and oxygen atoms in total. The maximum atomic E-state index is 11.7. The van der Waals surface area contributed by atoms with E-state index in [4.69, 9.17) is 0 Å². The molecule has 0 aliphatic heterocycles. The van der Waals surface area contributed by atoms with Crippen LogP contribution in [0.1, 0.15) is 11.3 Å². The standard InChI is InChI=1S/C25H19N5O2S/c1-30-24-10-4-17(13-19(24)16-28-30)3-9-23-22-14-25(27-15-18(22)11-12-26-23)29-20-5-7-21(8-6-20)33(2,31)32/h4-8,10-16H,1-2H3,(H,27,29). The Kier molecular flexibility index (Phi) is 5.04. The number of aryl methyl sites for hydroxylation is 1. The van der Waals surface area contributed by atoms with E-state index >= 15 is 0 Å². The molecule has 8 heteroatoms. The van der Waals surface area contributed by atoms with Gasteiger partial charge in [-0.15, -0.1) is 0 Å². The zero-order valence-electron chi connectivity index (χ0n) is 17.9. The van der Waals surface area contributed by atoms with Crippen molar-refractivity contribution in [2.24, 2.45) is 7.05 Å². The Balaban J connectivity index is 1.47. The number of fused-ring (bicyclic) bond motifs is 2. The van der Waals surface area contributed by atoms with E-state index in [1.807, 2.05) is 48.3 Å². The first kappa shape index (κ1) is 20.7. The normalized spacial score (nSPS) is 11.3. The van der Waals surface area contributed by atoms with Crippen LogP contribution in [0.3, 0.4) is 0 Å². The van der Waals surface area contributed by atoms with Crippen LogP contribution in [0.4, 0.5) is 11.5 Å². The minimum absolute atomic E-state index is 0.269. The van der Waals surface area contributed by atoms with Crippen LogP contribution in [0, 0.1) is 11.8 Å². The Morgan fingerprint density at radius 3 is 2.52 bits per heavy atom. The first-order valence-electron chi connectivity index (χ1n) is 10.1. The van der Waals surface area contributed by atoms with Gasteiger partial charge in [0.05, 0.1) is 16.6 Å². The maximum absolute atomic E-state index is 11.7. The summed E-state index contributed by atoms with van der Waals surface area (Å²) in [4.78, 5) is 9.19. The third-order valence-corrected chi connectivity index (χ3v) is 6.40. The fraction of sp³-hybridized carbons (Fsp3) is 0.0800. The second-order valence-electron chi connectivity index (χ2n) is 7.66. The molecule has 0 aliphatic rings. The molecule has 0 unspecified atom stereocenters. The van der Waals surface area contributed by atoms with Crippen LogP contribution in [0.25, 0.3) is 21.7 Å². The van der Waals surface area contributed by atoms with Crippen molar-refractivity contribution in [2.75, 3.05) is 11.6 Å². The summed E-state index contributed by atoms with van der Waals surface area (Å²) in [6, 6.07) is 16.3. The molecule has 0 spiro atoms. The van der Waals surface area contributed by atoms with Gasteiger partial charge in [0.2, 0.25) is 0 Å². The second kappa shape index (κ2) is 8.04. The predicted molar refractivity (Wildman–Crippen MR) is 129 cm³/mol. The molecule has 3 heterocycles. The number of rotatable bonds is 3. The first-order chi connectivity index (χ1) is 15.9. The maximum Gasteiger partial charge on any atom is 0.175 e. The van der Waals surface area contributed by atoms with E-state index in [1.54, 1.807) is 36.7 Å². The smallest absolute Gasteiger partial charge is 0.175 e. The first-order valence-corrected chi connectivity index (χ1v) is 12.0. The van der Waals surface area contributed by atoms with Gasteiger partial charge in [-0.2, -0.15) is 5.10 Å². The summed E-state index contributed by atoms with van der Waals surface area (Å²) in [5, 5.41) is 10.3. The van der Waals surface area contributed by atoms with E-state index in [0.29, 0.717) is 11.5 Å². The Morgan fingerprint density at radius 2 is 1.73 bits per heavy atom. The lowest BCUT2D eigenvalue weighted by Gasteiger charge is -2.08. The molecule has 5 rings (SSSR count). The van der Waals surface area contributed by atoms with Crippen LogP contribution >= 0.6 is 0 Å². The monoisotopic (exact) mass is 453 g/mol. The van der Waals surface area contributed by atoms with E-state index < -0.39 is 9.84 Å². The zero-order valence-corrected chi connectivity index (χ0v) is 18.8. The minimum atomic E-state index is -3.24. The number of hydrogen-bond acceptors (Lipinski definition) is 6. The summed E-state index contributed by atoms with van der Waals surface area (Å²) in [6.45, 7) is 0. The van der Waals surface area contributed by atoms with Crippen molar-refractivity contribution >= 4 is 43.0 Å². The molecule has 0 fully saturated rings. The van der Waals surface area contributed by atoms with Gasteiger partial charge in [-0.25, -0.2) is 18.4 Å². The number of benzene rings is 2. The molecule has 0 bridgehead atoms. The van der Waals surface area contributed by atoms with Crippen molar-refractivity contribution in [2.45, 2.75) is 4.90 Å². The van der Waals surface area contributed by atoms with E-state index in [1.165, 1.54) is 6.26 Å². The Hall–Kier alpha value is -4.22. The van der Waals surface area contributed by atoms with Crippen LogP contribution in [0.2, 0.25) is 0 Å². The number of nitrogens with one attached hydrogen (secondary N) is 1. The zero-order chi connectivity index (χ0) is 23.0. The number of hydrogen-bond donors (Lipinski definition) is 1. The molecule has 0 atom stereocenters. The average Bonchev–Trinajstić information content (AvgIpc) is 3.17. The van der Waals surface area contributed by atoms with Gasteiger partial charge < -0.3 is 5.32 Å². The molecular weight excluding hydrogens is 434 g/mol. The number of pyridine rings is 2. The van der Waals surface area contributed by atoms with E-state index in [9.17, 15) is 8.42 Å². The summed E-state index contributed by atoms with van der Waals surface area (Å²) in [5.41, 5.74) is 3.31. The van der Waals surface area contributed by atoms with Crippen molar-refractivity contribution < 1.29 is 8.42 Å². The lowest BCUT2D eigenvalue weighted by atomic mass is 10.1. The number of sulfone groups is 1. The van der Waals surface area contributed by atoms with Crippen molar-refractivity contribution in [3.05, 3.63) is 84.4 Å². The van der Waals surface area contributed by atoms with Crippen molar-refractivity contribution in [3.63, 3.8) is 0 Å². The summed E-state index contributed by atoms with van der Waals surface area (Å²) < 4.78 is 25.1. The molecule has 1 N–H and O–H groups in total. The van der Waals surface area contributed by atoms with Crippen LogP contribution in [0.15, 0.2) is 78.1 Å². The van der Waals surface area contributed by atoms with Crippen LogP contribution in [-0.4, -0.2) is 34.4 Å². The highest BCUT2D eigenvalue weighted by Gasteiger charge is 2.08. The van der Waals surface area contributed by atoms with Crippen LogP contribution in [-0.2, 0) is 16.9 Å². The van der Waals surface area contributed by atoms with E-state index in [2.05, 4.69) is 32.2 Å². The highest BCUT2D eigenvalue weighted by molar-refractivity contribution is 7.90. The number of anilines is 2. The SMILES string of the molecule is Cn1ncc2cc(C#Cc3nccc4cnc(Nc5ccc(S(C)(=O)=O)cc5)cc34)ccc21. The summed E-state index contributed by atoms with van der Waals surface area (Å²) in [7, 11) is -1.33. The quantitative estimate of drug-likeness (QED) is 0.414. The van der Waals surface area contributed by atoms with Gasteiger partial charge in [0, 0.05) is 53.1 Å². The second-order valence-corrected chi connectivity index (χ2v) is 9.68. The third kappa shape index (κ3) is 4.27. The molecule has 0 saturated carbocycles. The molecule has 0 radical (unpaired) electrons. The molecule has 5 aromatic rings. The highest BCUT2D eigenvalue weighted by Crippen LogP contribution is 2.23. The molecule has 0 saturated heterocycles. The fourth-order valence-electron chi connectivity index (χ4n) is 3.54. The van der Waals surface area contributed by atoms with E-state index in [-0.39, 0.29) is 4.90 Å². The van der Waals surface area contributed by atoms with Crippen molar-refractivity contribution in [1.29, 1.82) is 0 Å². The van der Waals surface area contributed by atoms with Gasteiger partial charge in [0.25, 0.3) is 0 Å². The molecule has 0 aliphatic carbocycles. The molecule has 33 heavy (non-hydrogen) atoms. The number of aromatic nitrogens is 4. The van der Waals surface area contributed by atoms with Crippen LogP contribution < -0.4 is 5.32 Å². The van der Waals surface area contributed by atoms with Gasteiger partial charge in [-0.3, -0.25) is 4.68 Å². The summed E-state index contributed by atoms with van der Waals surface area (Å²) in [6.07, 6.45) is 6.49. The predicted octanol–water partition coefficient (Wildman–Crippen LogP) is 4.06. The number of nitrogens with zero attached hydrogens (tertiary/aromatic N) is 4. The summed E-state index contributed by atoms with van der Waals surface area (Å²) >= 11 is 0. The Bertz CT molecular complexity index is 1680.